The van der Waals surface area contributed by atoms with Crippen molar-refractivity contribution in [3.63, 3.8) is 0 Å². The Bertz CT molecular complexity index is 95.1. The minimum absolute atomic E-state index is 0.106. The first-order valence-electron chi connectivity index (χ1n) is 2.89. The van der Waals surface area contributed by atoms with Crippen LogP contribution in [0.25, 0.3) is 0 Å². The van der Waals surface area contributed by atoms with Crippen LogP contribution in [0.3, 0.4) is 0 Å². The second-order valence-corrected chi connectivity index (χ2v) is 3.82. The average Bonchev–Trinajstić information content (AvgIpc) is 1.82. The topological polar surface area (TPSA) is 29.1 Å². The molecule has 0 aromatic rings. The van der Waals surface area contributed by atoms with Crippen LogP contribution >= 0.6 is 0 Å². The first-order valence-corrected chi connectivity index (χ1v) is 5.81. The van der Waals surface area contributed by atoms with Crippen molar-refractivity contribution in [3.05, 3.63) is 0 Å². The average molecular weight is 194 g/mol. The third kappa shape index (κ3) is 3.68. The molecule has 9 heavy (non-hydrogen) atoms. The number of carbonyl (C=O) groups is 1. The van der Waals surface area contributed by atoms with E-state index in [4.69, 9.17) is 0 Å². The number of nitrogens with one attached hydrogen (secondary N) is 1. The molecule has 0 aromatic carbocycles. The molecule has 0 heterocycles. The normalized spacial score (nSPS) is 13.2. The van der Waals surface area contributed by atoms with Gasteiger partial charge in [-0.05, 0) is 0 Å². The van der Waals surface area contributed by atoms with Gasteiger partial charge in [-0.3, -0.25) is 0 Å². The zero-order chi connectivity index (χ0) is 7.28. The van der Waals surface area contributed by atoms with Crippen LogP contribution in [-0.4, -0.2) is 33.8 Å². The fourth-order valence-electron chi connectivity index (χ4n) is 0.571. The van der Waals surface area contributed by atoms with Crippen LogP contribution in [0.1, 0.15) is 6.92 Å². The summed E-state index contributed by atoms with van der Waals surface area (Å²) in [6.45, 7) is 1.63. The van der Waals surface area contributed by atoms with E-state index in [2.05, 4.69) is 11.1 Å². The van der Waals surface area contributed by atoms with Crippen LogP contribution in [0.15, 0.2) is 0 Å². The van der Waals surface area contributed by atoms with Gasteiger partial charge in [0.05, 0.1) is 0 Å². The first-order chi connectivity index (χ1) is 4.22. The van der Waals surface area contributed by atoms with Crippen LogP contribution in [0.4, 0.5) is 0 Å². The van der Waals surface area contributed by atoms with Crippen molar-refractivity contribution in [1.82, 2.24) is 5.32 Å². The second kappa shape index (κ2) is 4.98. The van der Waals surface area contributed by atoms with Crippen LogP contribution in [-0.2, 0) is 4.79 Å². The Balaban J connectivity index is 3.54. The molecule has 0 amide bonds. The summed E-state index contributed by atoms with van der Waals surface area (Å²) in [6.07, 6.45) is 0. The second-order valence-electron chi connectivity index (χ2n) is 1.91. The number of hydrogen-bond acceptors (Lipinski definition) is 2. The van der Waals surface area contributed by atoms with Crippen molar-refractivity contribution >= 4 is 20.7 Å². The van der Waals surface area contributed by atoms with Gasteiger partial charge in [-0.1, -0.05) is 0 Å². The van der Waals surface area contributed by atoms with Crippen LogP contribution in [0.5, 0.6) is 0 Å². The molecule has 1 N–H and O–H groups in total. The van der Waals surface area contributed by atoms with E-state index in [0.717, 1.165) is 5.32 Å². The van der Waals surface area contributed by atoms with Gasteiger partial charge in [0.25, 0.3) is 0 Å². The van der Waals surface area contributed by atoms with Crippen LogP contribution in [0, 0.1) is 0 Å². The van der Waals surface area contributed by atoms with Crippen molar-refractivity contribution in [3.8, 4) is 0 Å². The van der Waals surface area contributed by atoms with Crippen LogP contribution < -0.4 is 5.32 Å². The van der Waals surface area contributed by atoms with Gasteiger partial charge in [0.1, 0.15) is 0 Å². The number of Topliss-reactive ketones (excluding diaryl/α,β-unsaturated/α-hetero) is 1. The Morgan fingerprint density at radius 3 is 2.44 bits per heavy atom. The number of ketones is 1. The minimum atomic E-state index is 0.106. The predicted molar refractivity (Wildman–Crippen MR) is 40.0 cm³/mol. The van der Waals surface area contributed by atoms with Gasteiger partial charge in [-0.15, -0.1) is 0 Å². The van der Waals surface area contributed by atoms with E-state index in [-0.39, 0.29) is 11.8 Å². The molecule has 1 unspecified atom stereocenters. The van der Waals surface area contributed by atoms with Gasteiger partial charge < -0.3 is 0 Å². The van der Waals surface area contributed by atoms with E-state index in [1.54, 1.807) is 6.92 Å². The molecule has 0 rings (SSSR count). The van der Waals surface area contributed by atoms with E-state index < -0.39 is 0 Å². The fraction of sp³-hybridized carbons (Fsp3) is 0.833. The van der Waals surface area contributed by atoms with Gasteiger partial charge in [0.2, 0.25) is 0 Å². The maximum absolute atomic E-state index is 10.7. The molecule has 54 valence electrons. The number of hydrogen-bond donors (Lipinski definition) is 1. The van der Waals surface area contributed by atoms with E-state index >= 15 is 0 Å². The van der Waals surface area contributed by atoms with Gasteiger partial charge in [0, 0.05) is 0 Å². The molecule has 0 aromatic heterocycles. The Morgan fingerprint density at radius 1 is 1.78 bits per heavy atom. The van der Waals surface area contributed by atoms with Gasteiger partial charge in [-0.25, -0.2) is 0 Å². The van der Waals surface area contributed by atoms with Crippen molar-refractivity contribution in [2.45, 2.75) is 24.1 Å². The van der Waals surface area contributed by atoms with E-state index in [9.17, 15) is 4.79 Å². The zero-order valence-corrected chi connectivity index (χ0v) is 7.81. The summed E-state index contributed by atoms with van der Waals surface area (Å²) >= 11 is 0.597. The molecular weight excluding hydrogens is 181 g/mol. The molecule has 1 atom stereocenters. The summed E-state index contributed by atoms with van der Waals surface area (Å²) in [5.41, 5.74) is 0. The summed E-state index contributed by atoms with van der Waals surface area (Å²) in [7, 11) is 1.83. The molecule has 0 saturated heterocycles. The Morgan fingerprint density at radius 2 is 2.33 bits per heavy atom. The van der Waals surface area contributed by atoms with Crippen LogP contribution in [0.2, 0.25) is 11.1 Å². The third-order valence-corrected chi connectivity index (χ3v) is 2.57. The van der Waals surface area contributed by atoms with Crippen molar-refractivity contribution < 1.29 is 4.79 Å². The summed E-state index contributed by atoms with van der Waals surface area (Å²) in [5.74, 6) is 2.39. The Labute approximate surface area is 62.6 Å². The zero-order valence-electron chi connectivity index (χ0n) is 6.10. The number of likely N-dealkylation sites (N-methyl/N-ethyl adjacent to an activating group) is 1. The third-order valence-electron chi connectivity index (χ3n) is 1.17. The van der Waals surface area contributed by atoms with E-state index in [1.165, 1.54) is 0 Å². The van der Waals surface area contributed by atoms with Gasteiger partial charge in [0.15, 0.2) is 0 Å². The van der Waals surface area contributed by atoms with Gasteiger partial charge in [-0.2, -0.15) is 0 Å². The molecule has 0 bridgehead atoms. The molecule has 0 radical (unpaired) electrons. The SMILES string of the molecule is CNC(C[Se]C)C(C)=O. The molecule has 0 aliphatic heterocycles. The number of carbonyl (C=O) groups excluding carboxylic acids is 1. The molecule has 0 spiro atoms. The monoisotopic (exact) mass is 195 g/mol. The summed E-state index contributed by atoms with van der Waals surface area (Å²) in [5, 5.41) is 3.98. The van der Waals surface area contributed by atoms with Crippen molar-refractivity contribution in [1.29, 1.82) is 0 Å². The first kappa shape index (κ1) is 9.15. The van der Waals surface area contributed by atoms with Gasteiger partial charge >= 0.3 is 62.0 Å². The van der Waals surface area contributed by atoms with Crippen molar-refractivity contribution in [2.75, 3.05) is 7.05 Å². The Hall–Kier alpha value is 0.149. The van der Waals surface area contributed by atoms with E-state index in [1.807, 2.05) is 7.05 Å². The molecule has 3 heteroatoms. The molecule has 0 aliphatic rings. The molecule has 0 aliphatic carbocycles. The maximum atomic E-state index is 10.7. The molecular formula is C6H13NOSe. The molecule has 0 saturated carbocycles. The summed E-state index contributed by atoms with van der Waals surface area (Å²) in [4.78, 5) is 10.7. The standard InChI is InChI=1S/C6H13NOSe/c1-5(8)6(7-2)4-9-3/h6-7H,4H2,1-3H3. The van der Waals surface area contributed by atoms with E-state index in [0.29, 0.717) is 15.0 Å². The summed E-state index contributed by atoms with van der Waals surface area (Å²) < 4.78 is 0. The van der Waals surface area contributed by atoms with Crippen molar-refractivity contribution in [2.24, 2.45) is 0 Å². The Kier molecular flexibility index (Phi) is 5.06. The molecule has 0 fully saturated rings. The fourth-order valence-corrected chi connectivity index (χ4v) is 2.11. The quantitative estimate of drug-likeness (QED) is 0.653. The molecule has 2 nitrogen and oxygen atoms in total. The summed E-state index contributed by atoms with van der Waals surface area (Å²) in [6, 6.07) is 0.106. The number of rotatable bonds is 4. The predicted octanol–water partition coefficient (Wildman–Crippen LogP) is 0.334.